The molecule has 1 aliphatic heterocycles. The molecule has 2 rings (SSSR count). The Hall–Kier alpha value is -1.66. The van der Waals surface area contributed by atoms with Crippen LogP contribution in [0.15, 0.2) is 35.3 Å². The standard InChI is InChI=1S/C15H21BN2O3/c1-11(19)9-13-7-8-14(16(20)21-13)18-15(17)10-12-5-3-2-4-6-12/h2-6,13-14,20H,7-10H2,1H3,(H2,17,18)/t13-,14-/m0/s1. The number of hydrogen-bond donors (Lipinski definition) is 2. The van der Waals surface area contributed by atoms with E-state index in [-0.39, 0.29) is 17.8 Å². The Bertz CT molecular complexity index is 507. The van der Waals surface area contributed by atoms with Gasteiger partial charge in [0.05, 0.1) is 11.8 Å². The van der Waals surface area contributed by atoms with Crippen LogP contribution in [0.25, 0.3) is 0 Å². The van der Waals surface area contributed by atoms with Crippen molar-refractivity contribution in [2.24, 2.45) is 10.7 Å². The van der Waals surface area contributed by atoms with Gasteiger partial charge < -0.3 is 15.4 Å². The van der Waals surface area contributed by atoms with E-state index in [0.29, 0.717) is 31.5 Å². The van der Waals surface area contributed by atoms with Crippen molar-refractivity contribution < 1.29 is 14.5 Å². The molecule has 21 heavy (non-hydrogen) atoms. The van der Waals surface area contributed by atoms with Crippen molar-refractivity contribution in [3.8, 4) is 0 Å². The summed E-state index contributed by atoms with van der Waals surface area (Å²) >= 11 is 0. The zero-order valence-corrected chi connectivity index (χ0v) is 12.2. The molecule has 5 nitrogen and oxygen atoms in total. The van der Waals surface area contributed by atoms with Crippen molar-refractivity contribution in [1.29, 1.82) is 0 Å². The average Bonchev–Trinajstić information content (AvgIpc) is 2.42. The van der Waals surface area contributed by atoms with Gasteiger partial charge in [0.15, 0.2) is 0 Å². The predicted molar refractivity (Wildman–Crippen MR) is 82.9 cm³/mol. The second-order valence-corrected chi connectivity index (χ2v) is 5.48. The van der Waals surface area contributed by atoms with Crippen molar-refractivity contribution in [3.63, 3.8) is 0 Å². The number of benzene rings is 1. The molecule has 1 heterocycles. The zero-order chi connectivity index (χ0) is 15.2. The third-order valence-electron chi connectivity index (χ3n) is 3.52. The summed E-state index contributed by atoms with van der Waals surface area (Å²) in [5.74, 6) is 0.202. The fourth-order valence-electron chi connectivity index (χ4n) is 2.52. The Morgan fingerprint density at radius 2 is 2.14 bits per heavy atom. The first-order valence-electron chi connectivity index (χ1n) is 7.23. The molecular weight excluding hydrogens is 267 g/mol. The molecule has 1 aliphatic rings. The van der Waals surface area contributed by atoms with Crippen molar-refractivity contribution in [3.05, 3.63) is 35.9 Å². The Morgan fingerprint density at radius 1 is 1.43 bits per heavy atom. The van der Waals surface area contributed by atoms with Gasteiger partial charge >= 0.3 is 7.12 Å². The van der Waals surface area contributed by atoms with E-state index in [4.69, 9.17) is 10.4 Å². The first-order chi connectivity index (χ1) is 10.0. The number of aliphatic imine (C=N–C) groups is 1. The van der Waals surface area contributed by atoms with Crippen LogP contribution in [0.4, 0.5) is 0 Å². The molecule has 0 radical (unpaired) electrons. The van der Waals surface area contributed by atoms with Crippen molar-refractivity contribution >= 4 is 18.7 Å². The van der Waals surface area contributed by atoms with Gasteiger partial charge in [0.25, 0.3) is 0 Å². The number of carbonyl (C=O) groups is 1. The SMILES string of the molecule is CC(=O)C[C@@H]1CC[C@H](N=C(N)Cc2ccccc2)B(O)O1. The first-order valence-corrected chi connectivity index (χ1v) is 7.23. The topological polar surface area (TPSA) is 84.9 Å². The van der Waals surface area contributed by atoms with E-state index < -0.39 is 7.12 Å². The highest BCUT2D eigenvalue weighted by Gasteiger charge is 2.35. The molecule has 0 bridgehead atoms. The molecule has 2 atom stereocenters. The molecule has 0 saturated carbocycles. The molecular formula is C15H21BN2O3. The van der Waals surface area contributed by atoms with Gasteiger partial charge in [-0.2, -0.15) is 0 Å². The van der Waals surface area contributed by atoms with Crippen molar-refractivity contribution in [2.75, 3.05) is 0 Å². The summed E-state index contributed by atoms with van der Waals surface area (Å²) < 4.78 is 5.43. The van der Waals surface area contributed by atoms with Gasteiger partial charge in [0.1, 0.15) is 5.78 Å². The van der Waals surface area contributed by atoms with Crippen LogP contribution >= 0.6 is 0 Å². The number of ketones is 1. The second-order valence-electron chi connectivity index (χ2n) is 5.48. The molecule has 0 aromatic heterocycles. The molecule has 0 spiro atoms. The highest BCUT2D eigenvalue weighted by Crippen LogP contribution is 2.21. The summed E-state index contributed by atoms with van der Waals surface area (Å²) in [7, 11) is -0.988. The van der Waals surface area contributed by atoms with Gasteiger partial charge in [0, 0.05) is 18.9 Å². The molecule has 112 valence electrons. The number of Topliss-reactive ketones (excluding diaryl/α,β-unsaturated/α-hetero) is 1. The average molecular weight is 288 g/mol. The third-order valence-corrected chi connectivity index (χ3v) is 3.52. The number of hydrogen-bond acceptors (Lipinski definition) is 4. The highest BCUT2D eigenvalue weighted by molar-refractivity contribution is 6.45. The van der Waals surface area contributed by atoms with Crippen LogP contribution in [0.3, 0.4) is 0 Å². The quantitative estimate of drug-likeness (QED) is 0.483. The predicted octanol–water partition coefficient (Wildman–Crippen LogP) is 1.13. The van der Waals surface area contributed by atoms with Crippen LogP contribution in [-0.4, -0.2) is 35.8 Å². The largest absolute Gasteiger partial charge is 0.480 e. The molecule has 6 heteroatoms. The van der Waals surface area contributed by atoms with Crippen LogP contribution < -0.4 is 5.73 Å². The van der Waals surface area contributed by atoms with E-state index in [1.54, 1.807) is 0 Å². The molecule has 1 aromatic rings. The molecule has 3 N–H and O–H groups in total. The Kier molecular flexibility index (Phi) is 5.53. The highest BCUT2D eigenvalue weighted by atomic mass is 16.5. The van der Waals surface area contributed by atoms with Crippen LogP contribution in [0.2, 0.25) is 0 Å². The summed E-state index contributed by atoms with van der Waals surface area (Å²) in [6.45, 7) is 1.53. The number of amidine groups is 1. The molecule has 0 amide bonds. The lowest BCUT2D eigenvalue weighted by atomic mass is 9.72. The summed E-state index contributed by atoms with van der Waals surface area (Å²) in [5.41, 5.74) is 7.03. The Labute approximate surface area is 125 Å². The van der Waals surface area contributed by atoms with Crippen molar-refractivity contribution in [2.45, 2.75) is 44.7 Å². The first kappa shape index (κ1) is 15.7. The minimum atomic E-state index is -0.988. The van der Waals surface area contributed by atoms with Gasteiger partial charge in [0.2, 0.25) is 0 Å². The van der Waals surface area contributed by atoms with E-state index in [9.17, 15) is 9.82 Å². The molecule has 0 aliphatic carbocycles. The van der Waals surface area contributed by atoms with E-state index in [0.717, 1.165) is 5.56 Å². The van der Waals surface area contributed by atoms with Gasteiger partial charge in [-0.3, -0.25) is 9.79 Å². The molecule has 0 unspecified atom stereocenters. The Balaban J connectivity index is 1.90. The molecule has 1 fully saturated rings. The lowest BCUT2D eigenvalue weighted by molar-refractivity contribution is -0.118. The Morgan fingerprint density at radius 3 is 2.76 bits per heavy atom. The van der Waals surface area contributed by atoms with Crippen LogP contribution in [0.1, 0.15) is 31.7 Å². The summed E-state index contributed by atoms with van der Waals surface area (Å²) in [6, 6.07) is 9.82. The van der Waals surface area contributed by atoms with E-state index in [2.05, 4.69) is 4.99 Å². The number of nitrogens with two attached hydrogens (primary N) is 1. The minimum absolute atomic E-state index is 0.0674. The second kappa shape index (κ2) is 7.38. The lowest BCUT2D eigenvalue weighted by Gasteiger charge is -2.28. The van der Waals surface area contributed by atoms with E-state index in [1.807, 2.05) is 30.3 Å². The van der Waals surface area contributed by atoms with Gasteiger partial charge in [-0.25, -0.2) is 0 Å². The van der Waals surface area contributed by atoms with Crippen LogP contribution in [0, 0.1) is 0 Å². The smallest absolute Gasteiger partial charge is 0.426 e. The van der Waals surface area contributed by atoms with E-state index in [1.165, 1.54) is 6.92 Å². The summed E-state index contributed by atoms with van der Waals surface area (Å²) in [6.07, 6.45) is 2.07. The number of carbonyl (C=O) groups excluding carboxylic acids is 1. The lowest BCUT2D eigenvalue weighted by Crippen LogP contribution is -2.43. The normalized spacial score (nSPS) is 23.1. The van der Waals surface area contributed by atoms with Gasteiger partial charge in [-0.15, -0.1) is 0 Å². The maximum Gasteiger partial charge on any atom is 0.480 e. The van der Waals surface area contributed by atoms with Crippen LogP contribution in [0.5, 0.6) is 0 Å². The van der Waals surface area contributed by atoms with Crippen LogP contribution in [-0.2, 0) is 15.9 Å². The maximum atomic E-state index is 11.1. The van der Waals surface area contributed by atoms with Gasteiger partial charge in [-0.05, 0) is 25.3 Å². The third kappa shape index (κ3) is 4.99. The molecule has 1 aromatic carbocycles. The summed E-state index contributed by atoms with van der Waals surface area (Å²) in [4.78, 5) is 15.4. The fourth-order valence-corrected chi connectivity index (χ4v) is 2.52. The number of nitrogens with zero attached hydrogens (tertiary/aromatic N) is 1. The van der Waals surface area contributed by atoms with Crippen molar-refractivity contribution in [1.82, 2.24) is 0 Å². The maximum absolute atomic E-state index is 11.1. The molecule has 1 saturated heterocycles. The summed E-state index contributed by atoms with van der Waals surface area (Å²) in [5, 5.41) is 9.97. The fraction of sp³-hybridized carbons (Fsp3) is 0.467. The number of rotatable bonds is 5. The van der Waals surface area contributed by atoms with Gasteiger partial charge in [-0.1, -0.05) is 30.3 Å². The monoisotopic (exact) mass is 288 g/mol. The zero-order valence-electron chi connectivity index (χ0n) is 12.2. The minimum Gasteiger partial charge on any atom is -0.426 e. The van der Waals surface area contributed by atoms with E-state index >= 15 is 0 Å².